The fourth-order valence-corrected chi connectivity index (χ4v) is 16.5. The van der Waals surface area contributed by atoms with Gasteiger partial charge in [-0.25, -0.2) is 0 Å². The van der Waals surface area contributed by atoms with Crippen LogP contribution in [0.4, 0.5) is 0 Å². The molecule has 2 aliphatic heterocycles. The zero-order chi connectivity index (χ0) is 105. The first-order chi connectivity index (χ1) is 72.9. The highest BCUT2D eigenvalue weighted by molar-refractivity contribution is 5.83. The van der Waals surface area contributed by atoms with Crippen LogP contribution < -0.4 is 0 Å². The fraction of sp³-hybridized carbons (Fsp3) is 0.374. The van der Waals surface area contributed by atoms with E-state index in [2.05, 4.69) is 10.0 Å². The van der Waals surface area contributed by atoms with Gasteiger partial charge in [-0.15, -0.1) is 0 Å². The maximum absolute atomic E-state index is 13.7. The van der Waals surface area contributed by atoms with Crippen molar-refractivity contribution in [2.24, 2.45) is 5.11 Å². The molecule has 794 valence electrons. The van der Waals surface area contributed by atoms with Crippen LogP contribution in [0.15, 0.2) is 367 Å². The van der Waals surface area contributed by atoms with Crippen molar-refractivity contribution in [2.45, 2.75) is 222 Å². The Morgan fingerprint density at radius 2 is 0.805 bits per heavy atom. The van der Waals surface area contributed by atoms with Crippen molar-refractivity contribution >= 4 is 10.8 Å². The summed E-state index contributed by atoms with van der Waals surface area (Å²) in [5, 5.41) is 169. The van der Waals surface area contributed by atoms with Crippen molar-refractivity contribution < 1.29 is 152 Å². The summed E-state index contributed by atoms with van der Waals surface area (Å²) in [6.07, 6.45) is -34.6. The predicted octanol–water partition coefficient (Wildman–Crippen LogP) is 15.3. The second-order valence-electron chi connectivity index (χ2n) is 35.3. The number of ether oxygens (including phenoxy) is 18. The molecule has 0 bridgehead atoms. The fourth-order valence-electron chi connectivity index (χ4n) is 16.5. The molecule has 13 rings (SSSR count). The largest absolute Gasteiger partial charge is 0.504 e. The van der Waals surface area contributed by atoms with E-state index in [-0.39, 0.29) is 104 Å². The van der Waals surface area contributed by atoms with E-state index in [1.807, 2.05) is 146 Å². The smallest absolute Gasteiger partial charge is 0.259 e. The highest BCUT2D eigenvalue weighted by atomic mass is 16.8. The molecule has 11 aromatic rings. The van der Waals surface area contributed by atoms with Crippen LogP contribution in [-0.4, -0.2) is 224 Å². The van der Waals surface area contributed by atoms with E-state index in [1.165, 1.54) is 0 Å². The zero-order valence-corrected chi connectivity index (χ0v) is 82.6. The molecule has 13 N–H and O–H groups in total. The number of aliphatic hydroxyl groups is 13. The van der Waals surface area contributed by atoms with E-state index in [0.717, 1.165) is 27.5 Å². The molecule has 2 saturated heterocycles. The minimum absolute atomic E-state index is 0.00176. The molecule has 0 aliphatic carbocycles. The molecule has 0 radical (unpaired) electrons. The Kier molecular flexibility index (Phi) is 47.4. The van der Waals surface area contributed by atoms with Crippen LogP contribution in [0.3, 0.4) is 0 Å². The predicted molar refractivity (Wildman–Crippen MR) is 545 cm³/mol. The van der Waals surface area contributed by atoms with Crippen LogP contribution in [0.2, 0.25) is 0 Å². The molecule has 0 aromatic heterocycles. The Hall–Kier alpha value is -12.6. The van der Waals surface area contributed by atoms with Gasteiger partial charge < -0.3 is 152 Å². The number of hydrogen-bond acceptors (Lipinski definition) is 32. The van der Waals surface area contributed by atoms with Gasteiger partial charge in [0.05, 0.1) is 59.0 Å². The zero-order valence-electron chi connectivity index (χ0n) is 82.6. The molecule has 149 heavy (non-hydrogen) atoms. The quantitative estimate of drug-likeness (QED) is 0.00420. The highest BCUT2D eigenvalue weighted by Gasteiger charge is 2.54. The first kappa shape index (κ1) is 114. The summed E-state index contributed by atoms with van der Waals surface area (Å²) < 4.78 is 118. The molecule has 34 heteroatoms. The lowest BCUT2D eigenvalue weighted by atomic mass is 10.0. The Bertz CT molecular complexity index is 5840. The molecule has 0 spiro atoms. The highest BCUT2D eigenvalue weighted by Crippen LogP contribution is 2.40. The van der Waals surface area contributed by atoms with Gasteiger partial charge in [0, 0.05) is 75.7 Å². The average Bonchev–Trinajstić information content (AvgIpc) is 1.65. The van der Waals surface area contributed by atoms with Crippen LogP contribution in [0.1, 0.15) is 113 Å². The van der Waals surface area contributed by atoms with E-state index < -0.39 is 197 Å². The van der Waals surface area contributed by atoms with Gasteiger partial charge in [-0.05, 0) is 91.7 Å². The van der Waals surface area contributed by atoms with Gasteiger partial charge in [-0.2, -0.15) is 0 Å². The van der Waals surface area contributed by atoms with Crippen LogP contribution >= 0.6 is 0 Å². The molecule has 2 aliphatic rings. The van der Waals surface area contributed by atoms with Crippen molar-refractivity contribution in [1.29, 1.82) is 0 Å². The molecule has 0 amide bonds. The topological polar surface area (TPSA) is 478 Å². The van der Waals surface area contributed by atoms with E-state index >= 15 is 0 Å². The van der Waals surface area contributed by atoms with Crippen molar-refractivity contribution in [2.75, 3.05) is 52.8 Å². The van der Waals surface area contributed by atoms with Crippen LogP contribution in [-0.2, 0) is 145 Å². The number of fused-ring (bicyclic) bond motifs is 1. The average molecular weight is 2050 g/mol. The number of aliphatic hydroxyl groups excluding tert-OH is 13. The van der Waals surface area contributed by atoms with Gasteiger partial charge in [0.1, 0.15) is 80.9 Å². The number of rotatable bonds is 66. The third kappa shape index (κ3) is 35.8. The number of hydrogen-bond donors (Lipinski definition) is 13. The van der Waals surface area contributed by atoms with Crippen molar-refractivity contribution in [3.05, 3.63) is 428 Å². The minimum Gasteiger partial charge on any atom is -0.504 e. The minimum atomic E-state index is -2.87. The molecule has 17 unspecified atom stereocenters. The Morgan fingerprint density at radius 1 is 0.383 bits per heavy atom. The summed E-state index contributed by atoms with van der Waals surface area (Å²) in [6, 6.07) is 93.1. The second kappa shape index (κ2) is 62.2. The molecule has 2 heterocycles. The first-order valence-corrected chi connectivity index (χ1v) is 49.7. The van der Waals surface area contributed by atoms with Gasteiger partial charge in [0.15, 0.2) is 47.7 Å². The monoisotopic (exact) mass is 2050 g/mol. The third-order valence-corrected chi connectivity index (χ3v) is 24.4. The van der Waals surface area contributed by atoms with Crippen molar-refractivity contribution in [3.8, 4) is 0 Å². The van der Waals surface area contributed by atoms with Crippen molar-refractivity contribution in [3.63, 3.8) is 0 Å². The van der Waals surface area contributed by atoms with E-state index in [9.17, 15) is 66.4 Å². The molecular formula is C115H133N3O31. The lowest BCUT2D eigenvalue weighted by molar-refractivity contribution is -0.311. The molecular weight excluding hydrogens is 1920 g/mol. The second-order valence-corrected chi connectivity index (χ2v) is 35.3. The number of azide groups is 1. The van der Waals surface area contributed by atoms with Crippen LogP contribution in [0.25, 0.3) is 21.2 Å². The summed E-state index contributed by atoms with van der Waals surface area (Å²) >= 11 is 0. The first-order valence-electron chi connectivity index (χ1n) is 49.7. The van der Waals surface area contributed by atoms with Gasteiger partial charge in [0.25, 0.3) is 18.9 Å². The molecule has 11 aromatic carbocycles. The lowest BCUT2D eigenvalue weighted by Crippen LogP contribution is -2.53. The SMILES string of the molecule is [N-]=[N+]=NCCCCCOC(O)C(OCc1ccccc1)C(OC1OC([C@H](O)CO)C(OC(O)/C(OCc2ccccc2)=C(\OC(O)/C(O)=C(/OC(O)/C(OCc2ccccc2)=C(\OC(O)/C(O)=C(\OCc2ccc3ccccc3c2)C(CCOCc2ccccc2)OCc2ccccc2)C(O)CCO)C(CCOCc2ccccc2)OCc2ccccc2)C(CCO)OCc2ccccc2)C1O)C1CCOC(c2ccccc2)O1. The maximum atomic E-state index is 13.7. The maximum Gasteiger partial charge on any atom is 0.259 e. The molecule has 0 saturated carbocycles. The number of nitrogens with zero attached hydrogens (tertiary/aromatic N) is 3. The standard InChI is InChI=1S/C115H133N3O31/c116-118-117-60-31-10-32-63-134-111(129)107(141-75-84-45-23-7-24-46-84)104(95-59-66-135-114(143-95)88-50-27-9-28-51-88)149-115-98(126)105(100(148-115)91(123)68-121)147-113(131)108(142-76-85-47-25-8-26-48-85)103(92(56-62-120)136-71-80-37-15-3-16-38-80)146-110(128)97(125)102(94(138-73-82-41-19-5-20-42-82)58-65-133-70-79-35-13-2-14-36-79)145-112(130)106(140-74-83-43-21-6-22-44-83)99(90(122)55-61-119)144-109(127)96(124)101(139-77-86-53-54-87-49-29-30-52-89(87)67-86)93(137-72-81-39-17-4-18-40-81)57-64-132-69-78-33-11-1-12-34-78/h1-9,11-30,33-54,67,90-95,98,100,104-105,107,109-115,119-131H,10,31-32,55-66,68-77H2/b101-96+,102-97-,106-99+,108-103+/t90?,91-,92?,93?,94?,95?,98?,100?,104?,105?,107?,109?,110?,111?,112?,113?,114?,115?/m1/s1. The number of unbranched alkanes of at least 4 members (excludes halogenated alkanes) is 2. The van der Waals surface area contributed by atoms with Crippen LogP contribution in [0.5, 0.6) is 0 Å². The lowest BCUT2D eigenvalue weighted by Gasteiger charge is -2.40. The summed E-state index contributed by atoms with van der Waals surface area (Å²) in [7, 11) is 0. The third-order valence-electron chi connectivity index (χ3n) is 24.4. The van der Waals surface area contributed by atoms with Crippen LogP contribution in [0, 0.1) is 0 Å². The summed E-state index contributed by atoms with van der Waals surface area (Å²) in [5.74, 6) is -6.98. The summed E-state index contributed by atoms with van der Waals surface area (Å²) in [6.45, 7) is -4.47. The van der Waals surface area contributed by atoms with Gasteiger partial charge in [-0.1, -0.05) is 321 Å². The Balaban J connectivity index is 0.933. The summed E-state index contributed by atoms with van der Waals surface area (Å²) in [5.41, 5.74) is 15.1. The Morgan fingerprint density at radius 3 is 1.30 bits per heavy atom. The van der Waals surface area contributed by atoms with Gasteiger partial charge in [0.2, 0.25) is 23.6 Å². The summed E-state index contributed by atoms with van der Waals surface area (Å²) in [4.78, 5) is 2.84. The normalized spacial score (nSPS) is 18.9. The molecule has 34 nitrogen and oxygen atoms in total. The Labute approximate surface area is 865 Å². The van der Waals surface area contributed by atoms with Gasteiger partial charge in [-0.3, -0.25) is 0 Å². The van der Waals surface area contributed by atoms with E-state index in [0.29, 0.717) is 58.2 Å². The molecule has 18 atom stereocenters. The van der Waals surface area contributed by atoms with Crippen molar-refractivity contribution in [1.82, 2.24) is 0 Å². The van der Waals surface area contributed by atoms with E-state index in [1.54, 1.807) is 170 Å². The van der Waals surface area contributed by atoms with E-state index in [4.69, 9.17) is 90.8 Å². The number of benzene rings is 11. The van der Waals surface area contributed by atoms with Gasteiger partial charge >= 0.3 is 0 Å². The molecule has 2 fully saturated rings.